The molecular formula is C11H13ClO3. The molecule has 1 rings (SSSR count). The van der Waals surface area contributed by atoms with E-state index < -0.39 is 5.97 Å². The minimum Gasteiger partial charge on any atom is -0.506 e. The number of carbonyl (C=O) groups is 1. The molecule has 0 aromatic heterocycles. The number of phenols is 1. The summed E-state index contributed by atoms with van der Waals surface area (Å²) >= 11 is 5.76. The molecule has 0 saturated carbocycles. The van der Waals surface area contributed by atoms with Crippen LogP contribution in [0.1, 0.15) is 24.0 Å². The van der Waals surface area contributed by atoms with E-state index in [2.05, 4.69) is 0 Å². The molecule has 0 heterocycles. The first-order valence-electron chi connectivity index (χ1n) is 4.71. The highest BCUT2D eigenvalue weighted by Crippen LogP contribution is 2.30. The fourth-order valence-corrected chi connectivity index (χ4v) is 1.62. The van der Waals surface area contributed by atoms with E-state index in [1.54, 1.807) is 6.07 Å². The van der Waals surface area contributed by atoms with Gasteiger partial charge in [0.15, 0.2) is 0 Å². The average Bonchev–Trinajstić information content (AvgIpc) is 2.17. The fraction of sp³-hybridized carbons (Fsp3) is 0.364. The molecule has 1 aromatic rings. The molecule has 15 heavy (non-hydrogen) atoms. The van der Waals surface area contributed by atoms with Gasteiger partial charge in [-0.3, -0.25) is 4.79 Å². The second-order valence-electron chi connectivity index (χ2n) is 3.44. The number of hydrogen-bond donors (Lipinski definition) is 2. The van der Waals surface area contributed by atoms with Gasteiger partial charge in [-0.15, -0.1) is 0 Å². The third-order valence-corrected chi connectivity index (χ3v) is 2.59. The normalized spacial score (nSPS) is 10.3. The van der Waals surface area contributed by atoms with E-state index in [4.69, 9.17) is 16.7 Å². The maximum atomic E-state index is 10.3. The maximum absolute atomic E-state index is 10.3. The largest absolute Gasteiger partial charge is 0.506 e. The van der Waals surface area contributed by atoms with Gasteiger partial charge in [-0.25, -0.2) is 0 Å². The monoisotopic (exact) mass is 228 g/mol. The molecule has 0 atom stereocenters. The first-order valence-corrected chi connectivity index (χ1v) is 5.09. The third-order valence-electron chi connectivity index (χ3n) is 2.29. The summed E-state index contributed by atoms with van der Waals surface area (Å²) in [7, 11) is 0. The zero-order chi connectivity index (χ0) is 11.4. The summed E-state index contributed by atoms with van der Waals surface area (Å²) in [5.74, 6) is -0.753. The number of benzene rings is 1. The Hall–Kier alpha value is -1.22. The van der Waals surface area contributed by atoms with Crippen LogP contribution < -0.4 is 0 Å². The number of carboxylic acid groups (broad SMARTS) is 1. The standard InChI is InChI=1S/C11H13ClO3/c1-7-5-6-9(12)11(15)8(7)3-2-4-10(13)14/h5-6,15H,2-4H2,1H3,(H,13,14). The molecule has 3 nitrogen and oxygen atoms in total. The number of phenolic OH excluding ortho intramolecular Hbond substituents is 1. The summed E-state index contributed by atoms with van der Waals surface area (Å²) in [6.07, 6.45) is 1.14. The van der Waals surface area contributed by atoms with Crippen molar-refractivity contribution in [2.24, 2.45) is 0 Å². The molecule has 0 saturated heterocycles. The van der Waals surface area contributed by atoms with Crippen LogP contribution in [0.25, 0.3) is 0 Å². The van der Waals surface area contributed by atoms with E-state index in [0.29, 0.717) is 17.9 Å². The Morgan fingerprint density at radius 1 is 1.47 bits per heavy atom. The van der Waals surface area contributed by atoms with E-state index in [0.717, 1.165) is 11.1 Å². The molecule has 82 valence electrons. The highest BCUT2D eigenvalue weighted by Gasteiger charge is 2.09. The molecule has 4 heteroatoms. The smallest absolute Gasteiger partial charge is 0.303 e. The van der Waals surface area contributed by atoms with Gasteiger partial charge >= 0.3 is 5.97 Å². The van der Waals surface area contributed by atoms with Crippen LogP contribution in [0.4, 0.5) is 0 Å². The van der Waals surface area contributed by atoms with Crippen LogP contribution in [0.5, 0.6) is 5.75 Å². The lowest BCUT2D eigenvalue weighted by Gasteiger charge is -2.08. The number of aliphatic carboxylic acids is 1. The number of hydrogen-bond acceptors (Lipinski definition) is 2. The van der Waals surface area contributed by atoms with E-state index in [9.17, 15) is 9.90 Å². The van der Waals surface area contributed by atoms with Gasteiger partial charge in [0.1, 0.15) is 5.75 Å². The highest BCUT2D eigenvalue weighted by molar-refractivity contribution is 6.32. The summed E-state index contributed by atoms with van der Waals surface area (Å²) in [5.41, 5.74) is 1.67. The zero-order valence-electron chi connectivity index (χ0n) is 8.46. The van der Waals surface area contributed by atoms with Crippen LogP contribution >= 0.6 is 11.6 Å². The van der Waals surface area contributed by atoms with Crippen molar-refractivity contribution in [3.05, 3.63) is 28.3 Å². The van der Waals surface area contributed by atoms with Crippen molar-refractivity contribution < 1.29 is 15.0 Å². The molecule has 0 aliphatic carbocycles. The van der Waals surface area contributed by atoms with Gasteiger partial charge in [0, 0.05) is 6.42 Å². The summed E-state index contributed by atoms with van der Waals surface area (Å²) < 4.78 is 0. The van der Waals surface area contributed by atoms with Crippen molar-refractivity contribution in [3.63, 3.8) is 0 Å². The minimum atomic E-state index is -0.825. The van der Waals surface area contributed by atoms with Crippen LogP contribution in [-0.2, 0) is 11.2 Å². The number of carboxylic acids is 1. The predicted octanol–water partition coefficient (Wildman–Crippen LogP) is 2.76. The Morgan fingerprint density at radius 3 is 2.73 bits per heavy atom. The molecule has 0 unspecified atom stereocenters. The summed E-state index contributed by atoms with van der Waals surface area (Å²) in [6, 6.07) is 3.45. The predicted molar refractivity (Wildman–Crippen MR) is 58.4 cm³/mol. The van der Waals surface area contributed by atoms with Crippen LogP contribution in [0, 0.1) is 6.92 Å². The Kier molecular flexibility index (Phi) is 3.97. The van der Waals surface area contributed by atoms with Crippen LogP contribution in [0.3, 0.4) is 0 Å². The van der Waals surface area contributed by atoms with Gasteiger partial charge in [-0.05, 0) is 37.0 Å². The number of rotatable bonds is 4. The second kappa shape index (κ2) is 5.03. The molecule has 0 bridgehead atoms. The molecule has 0 radical (unpaired) electrons. The zero-order valence-corrected chi connectivity index (χ0v) is 9.21. The lowest BCUT2D eigenvalue weighted by atomic mass is 10.0. The molecule has 0 amide bonds. The first-order chi connectivity index (χ1) is 7.02. The van der Waals surface area contributed by atoms with Crippen molar-refractivity contribution in [1.29, 1.82) is 0 Å². The highest BCUT2D eigenvalue weighted by atomic mass is 35.5. The number of halogens is 1. The summed E-state index contributed by atoms with van der Waals surface area (Å²) in [5, 5.41) is 18.5. The first kappa shape index (κ1) is 11.9. The van der Waals surface area contributed by atoms with Gasteiger partial charge < -0.3 is 10.2 Å². The molecule has 0 aliphatic heterocycles. The molecule has 0 aliphatic rings. The molecule has 2 N–H and O–H groups in total. The second-order valence-corrected chi connectivity index (χ2v) is 3.85. The summed E-state index contributed by atoms with van der Waals surface area (Å²) in [4.78, 5) is 10.3. The number of aromatic hydroxyl groups is 1. The fourth-order valence-electron chi connectivity index (χ4n) is 1.44. The summed E-state index contributed by atoms with van der Waals surface area (Å²) in [6.45, 7) is 1.87. The topological polar surface area (TPSA) is 57.5 Å². The van der Waals surface area contributed by atoms with Gasteiger partial charge in [0.25, 0.3) is 0 Å². The third kappa shape index (κ3) is 3.13. The Balaban J connectivity index is 2.75. The lowest BCUT2D eigenvalue weighted by molar-refractivity contribution is -0.137. The van der Waals surface area contributed by atoms with Crippen molar-refractivity contribution in [1.82, 2.24) is 0 Å². The van der Waals surface area contributed by atoms with Crippen molar-refractivity contribution in [3.8, 4) is 5.75 Å². The van der Waals surface area contributed by atoms with E-state index in [1.165, 1.54) is 0 Å². The Bertz CT molecular complexity index is 374. The Labute approximate surface area is 93.3 Å². The van der Waals surface area contributed by atoms with Gasteiger partial charge in [0.05, 0.1) is 5.02 Å². The molecular weight excluding hydrogens is 216 g/mol. The quantitative estimate of drug-likeness (QED) is 0.833. The molecule has 0 spiro atoms. The van der Waals surface area contributed by atoms with Crippen LogP contribution in [0.2, 0.25) is 5.02 Å². The van der Waals surface area contributed by atoms with Gasteiger partial charge in [-0.1, -0.05) is 17.7 Å². The van der Waals surface area contributed by atoms with Crippen molar-refractivity contribution >= 4 is 17.6 Å². The minimum absolute atomic E-state index is 0.0713. The van der Waals surface area contributed by atoms with E-state index >= 15 is 0 Å². The maximum Gasteiger partial charge on any atom is 0.303 e. The average molecular weight is 229 g/mol. The SMILES string of the molecule is Cc1ccc(Cl)c(O)c1CCCC(=O)O. The van der Waals surface area contributed by atoms with Crippen molar-refractivity contribution in [2.75, 3.05) is 0 Å². The van der Waals surface area contributed by atoms with E-state index in [1.807, 2.05) is 13.0 Å². The van der Waals surface area contributed by atoms with Gasteiger partial charge in [0.2, 0.25) is 0 Å². The van der Waals surface area contributed by atoms with Gasteiger partial charge in [-0.2, -0.15) is 0 Å². The Morgan fingerprint density at radius 2 is 2.13 bits per heavy atom. The van der Waals surface area contributed by atoms with E-state index in [-0.39, 0.29) is 12.2 Å². The van der Waals surface area contributed by atoms with Crippen LogP contribution in [-0.4, -0.2) is 16.2 Å². The van der Waals surface area contributed by atoms with Crippen molar-refractivity contribution in [2.45, 2.75) is 26.2 Å². The lowest BCUT2D eigenvalue weighted by Crippen LogP contribution is -1.97. The molecule has 0 fully saturated rings. The van der Waals surface area contributed by atoms with Crippen LogP contribution in [0.15, 0.2) is 12.1 Å². The molecule has 1 aromatic carbocycles. The number of aryl methyl sites for hydroxylation is 1.